The molecule has 0 bridgehead atoms. The molecule has 3 amide bonds. The zero-order valence-electron chi connectivity index (χ0n) is 13.5. The quantitative estimate of drug-likeness (QED) is 0.866. The molecule has 1 aromatic rings. The first-order valence-corrected chi connectivity index (χ1v) is 8.05. The number of urea groups is 1. The summed E-state index contributed by atoms with van der Waals surface area (Å²) < 4.78 is 0. The number of benzene rings is 1. The van der Waals surface area contributed by atoms with Gasteiger partial charge in [-0.25, -0.2) is 4.79 Å². The van der Waals surface area contributed by atoms with Gasteiger partial charge >= 0.3 is 6.03 Å². The van der Waals surface area contributed by atoms with Crippen molar-refractivity contribution in [1.29, 1.82) is 0 Å². The molecule has 0 spiro atoms. The molecule has 2 fully saturated rings. The van der Waals surface area contributed by atoms with Crippen LogP contribution in [-0.2, 0) is 11.3 Å². The lowest BCUT2D eigenvalue weighted by atomic mass is 10.0. The molecule has 1 aromatic carbocycles. The Morgan fingerprint density at radius 2 is 2.00 bits per heavy atom. The van der Waals surface area contributed by atoms with Crippen molar-refractivity contribution >= 4 is 11.9 Å². The molecule has 3 atom stereocenters. The molecule has 6 nitrogen and oxygen atoms in total. The molecule has 124 valence electrons. The van der Waals surface area contributed by atoms with E-state index in [9.17, 15) is 14.7 Å². The number of carbonyl (C=O) groups is 2. The Labute approximate surface area is 136 Å². The van der Waals surface area contributed by atoms with Crippen molar-refractivity contribution < 1.29 is 14.7 Å². The van der Waals surface area contributed by atoms with Crippen LogP contribution in [0.15, 0.2) is 30.3 Å². The second-order valence-electron chi connectivity index (χ2n) is 6.64. The van der Waals surface area contributed by atoms with Crippen molar-refractivity contribution in [1.82, 2.24) is 15.1 Å². The third kappa shape index (κ3) is 3.03. The van der Waals surface area contributed by atoms with Gasteiger partial charge in [0, 0.05) is 31.6 Å². The summed E-state index contributed by atoms with van der Waals surface area (Å²) in [6, 6.07) is 9.54. The second kappa shape index (κ2) is 6.20. The average molecular weight is 317 g/mol. The summed E-state index contributed by atoms with van der Waals surface area (Å²) in [5, 5.41) is 13.1. The highest BCUT2D eigenvalue weighted by atomic mass is 16.3. The van der Waals surface area contributed by atoms with Crippen LogP contribution >= 0.6 is 0 Å². The smallest absolute Gasteiger partial charge is 0.317 e. The fraction of sp³-hybridized carbons (Fsp3) is 0.529. The fourth-order valence-corrected chi connectivity index (χ4v) is 3.45. The molecule has 2 N–H and O–H groups in total. The molecule has 6 heteroatoms. The van der Waals surface area contributed by atoms with Crippen molar-refractivity contribution in [3.8, 4) is 0 Å². The number of carbonyl (C=O) groups excluding carboxylic acids is 2. The number of likely N-dealkylation sites (tertiary alicyclic amines) is 2. The van der Waals surface area contributed by atoms with Crippen LogP contribution in [0.25, 0.3) is 0 Å². The van der Waals surface area contributed by atoms with Gasteiger partial charge in [0.15, 0.2) is 0 Å². The van der Waals surface area contributed by atoms with E-state index < -0.39 is 6.10 Å². The monoisotopic (exact) mass is 317 g/mol. The second-order valence-corrected chi connectivity index (χ2v) is 6.64. The Hall–Kier alpha value is -2.08. The van der Waals surface area contributed by atoms with Crippen LogP contribution in [0.5, 0.6) is 0 Å². The summed E-state index contributed by atoms with van der Waals surface area (Å²) in [6.07, 6.45) is -1.01. The fourth-order valence-electron chi connectivity index (χ4n) is 3.45. The van der Waals surface area contributed by atoms with Crippen LogP contribution in [-0.4, -0.2) is 58.1 Å². The Kier molecular flexibility index (Phi) is 4.26. The Balaban J connectivity index is 1.73. The summed E-state index contributed by atoms with van der Waals surface area (Å²) in [7, 11) is 0. The Bertz CT molecular complexity index is 590. The first-order chi connectivity index (χ1) is 11.0. The maximum absolute atomic E-state index is 12.3. The molecular weight excluding hydrogens is 294 g/mol. The summed E-state index contributed by atoms with van der Waals surface area (Å²) in [4.78, 5) is 27.9. The van der Waals surface area contributed by atoms with E-state index in [1.165, 1.54) is 0 Å². The lowest BCUT2D eigenvalue weighted by Crippen LogP contribution is -2.45. The molecule has 0 aliphatic carbocycles. The number of hydrogen-bond donors (Lipinski definition) is 2. The third-order valence-corrected chi connectivity index (χ3v) is 4.57. The minimum atomic E-state index is -1.01. The number of amides is 3. The molecule has 0 radical (unpaired) electrons. The maximum atomic E-state index is 12.3. The van der Waals surface area contributed by atoms with E-state index in [4.69, 9.17) is 0 Å². The van der Waals surface area contributed by atoms with Gasteiger partial charge < -0.3 is 20.2 Å². The van der Waals surface area contributed by atoms with Gasteiger partial charge in [0.25, 0.3) is 5.91 Å². The van der Waals surface area contributed by atoms with Gasteiger partial charge in [-0.05, 0) is 19.4 Å². The molecule has 23 heavy (non-hydrogen) atoms. The predicted molar refractivity (Wildman–Crippen MR) is 85.5 cm³/mol. The molecule has 0 unspecified atom stereocenters. The van der Waals surface area contributed by atoms with Crippen LogP contribution in [0.2, 0.25) is 0 Å². The molecule has 2 aliphatic heterocycles. The zero-order chi connectivity index (χ0) is 16.6. The summed E-state index contributed by atoms with van der Waals surface area (Å²) >= 11 is 0. The first kappa shape index (κ1) is 15.8. The number of aliphatic hydroxyl groups is 1. The highest BCUT2D eigenvalue weighted by Gasteiger charge is 2.52. The molecule has 2 heterocycles. The van der Waals surface area contributed by atoms with Gasteiger partial charge in [0.05, 0.1) is 6.04 Å². The van der Waals surface area contributed by atoms with E-state index in [1.54, 1.807) is 9.80 Å². The van der Waals surface area contributed by atoms with Crippen molar-refractivity contribution in [2.75, 3.05) is 13.1 Å². The van der Waals surface area contributed by atoms with Gasteiger partial charge in [-0.1, -0.05) is 30.3 Å². The highest BCUT2D eigenvalue weighted by molar-refractivity contribution is 5.85. The standard InChI is InChI=1S/C17H23N3O3/c1-11(2)18-17(23)19-9-13-14(10-19)20(16(22)15(13)21)8-12-6-4-3-5-7-12/h3-7,11,13-15,21H,8-10H2,1-2H3,(H,18,23)/t13-,14+,15-/m0/s1. The molecule has 2 aliphatic rings. The summed E-state index contributed by atoms with van der Waals surface area (Å²) in [5.41, 5.74) is 1.03. The Morgan fingerprint density at radius 1 is 1.30 bits per heavy atom. The molecule has 0 aromatic heterocycles. The van der Waals surface area contributed by atoms with Crippen LogP contribution in [0.4, 0.5) is 4.79 Å². The van der Waals surface area contributed by atoms with E-state index in [1.807, 2.05) is 44.2 Å². The van der Waals surface area contributed by atoms with E-state index in [0.29, 0.717) is 19.6 Å². The predicted octanol–water partition coefficient (Wildman–Crippen LogP) is 0.808. The third-order valence-electron chi connectivity index (χ3n) is 4.57. The average Bonchev–Trinajstić information content (AvgIpc) is 3.04. The number of hydrogen-bond acceptors (Lipinski definition) is 3. The Morgan fingerprint density at radius 3 is 2.65 bits per heavy atom. The minimum absolute atomic E-state index is 0.0647. The number of nitrogens with zero attached hydrogens (tertiary/aromatic N) is 2. The van der Waals surface area contributed by atoms with Crippen LogP contribution in [0.1, 0.15) is 19.4 Å². The van der Waals surface area contributed by atoms with Crippen molar-refractivity contribution in [2.45, 2.75) is 38.6 Å². The van der Waals surface area contributed by atoms with Crippen molar-refractivity contribution in [2.24, 2.45) is 5.92 Å². The van der Waals surface area contributed by atoms with Crippen LogP contribution in [0.3, 0.4) is 0 Å². The van der Waals surface area contributed by atoms with Gasteiger partial charge in [-0.2, -0.15) is 0 Å². The van der Waals surface area contributed by atoms with Crippen LogP contribution < -0.4 is 5.32 Å². The number of rotatable bonds is 3. The largest absolute Gasteiger partial charge is 0.383 e. The van der Waals surface area contributed by atoms with E-state index in [0.717, 1.165) is 5.56 Å². The van der Waals surface area contributed by atoms with Gasteiger partial charge in [0.1, 0.15) is 6.10 Å². The number of fused-ring (bicyclic) bond motifs is 1. The first-order valence-electron chi connectivity index (χ1n) is 8.05. The number of aliphatic hydroxyl groups excluding tert-OH is 1. The van der Waals surface area contributed by atoms with Crippen molar-refractivity contribution in [3.05, 3.63) is 35.9 Å². The summed E-state index contributed by atoms with van der Waals surface area (Å²) in [6.45, 7) is 5.18. The highest BCUT2D eigenvalue weighted by Crippen LogP contribution is 2.33. The normalized spacial score (nSPS) is 26.8. The van der Waals surface area contributed by atoms with E-state index >= 15 is 0 Å². The lowest BCUT2D eigenvalue weighted by molar-refractivity contribution is -0.136. The molecular formula is C17H23N3O3. The molecule has 0 saturated carbocycles. The number of nitrogens with one attached hydrogen (secondary N) is 1. The van der Waals surface area contributed by atoms with Gasteiger partial charge in [-0.3, -0.25) is 4.79 Å². The molecule has 2 saturated heterocycles. The van der Waals surface area contributed by atoms with Gasteiger partial charge in [0.2, 0.25) is 0 Å². The van der Waals surface area contributed by atoms with E-state index in [2.05, 4.69) is 5.32 Å². The van der Waals surface area contributed by atoms with Gasteiger partial charge in [-0.15, -0.1) is 0 Å². The summed E-state index contributed by atoms with van der Waals surface area (Å²) in [5.74, 6) is -0.433. The minimum Gasteiger partial charge on any atom is -0.383 e. The zero-order valence-corrected chi connectivity index (χ0v) is 13.5. The lowest BCUT2D eigenvalue weighted by Gasteiger charge is -2.25. The van der Waals surface area contributed by atoms with Crippen LogP contribution in [0, 0.1) is 5.92 Å². The maximum Gasteiger partial charge on any atom is 0.317 e. The topological polar surface area (TPSA) is 72.9 Å². The SMILES string of the molecule is CC(C)NC(=O)N1C[C@@H]2[C@H](O)C(=O)N(Cc3ccccc3)[C@@H]2C1. The van der Waals surface area contributed by atoms with Crippen molar-refractivity contribution in [3.63, 3.8) is 0 Å². The molecule has 3 rings (SSSR count). The van der Waals surface area contributed by atoms with E-state index in [-0.39, 0.29) is 29.9 Å².